The molecule has 0 aliphatic carbocycles. The molecule has 2 aromatic heterocycles. The average Bonchev–Trinajstić information content (AvgIpc) is 3.54. The van der Waals surface area contributed by atoms with E-state index in [0.717, 1.165) is 17.7 Å². The number of nitrogens with zero attached hydrogens (tertiary/aromatic N) is 4. The van der Waals surface area contributed by atoms with E-state index in [1.54, 1.807) is 17.2 Å². The van der Waals surface area contributed by atoms with Gasteiger partial charge in [0.1, 0.15) is 13.2 Å². The van der Waals surface area contributed by atoms with Crippen molar-refractivity contribution >= 4 is 34.2 Å². The predicted molar refractivity (Wildman–Crippen MR) is 140 cm³/mol. The molecule has 2 aromatic carbocycles. The Bertz CT molecular complexity index is 1530. The molecule has 1 N–H and O–H groups in total. The number of hydrogen-bond donors (Lipinski definition) is 1. The fraction of sp³-hybridized carbons (Fsp3) is 0.286. The molecule has 1 fully saturated rings. The topological polar surface area (TPSA) is 98.6 Å². The van der Waals surface area contributed by atoms with E-state index in [-0.39, 0.29) is 17.9 Å². The number of pyridine rings is 1. The quantitative estimate of drug-likeness (QED) is 0.424. The molecule has 9 nitrogen and oxygen atoms in total. The number of carbonyl (C=O) groups excluding carboxylic acids is 2. The molecule has 2 aliphatic rings. The first kappa shape index (κ1) is 23.0. The third-order valence-corrected chi connectivity index (χ3v) is 6.63. The lowest BCUT2D eigenvalue weighted by Crippen LogP contribution is -2.23. The van der Waals surface area contributed by atoms with Crippen LogP contribution in [0.15, 0.2) is 54.7 Å². The molecule has 0 bridgehead atoms. The fourth-order valence-electron chi connectivity index (χ4n) is 4.81. The maximum Gasteiger partial charge on any atom is 0.256 e. The van der Waals surface area contributed by atoms with E-state index in [1.165, 1.54) is 0 Å². The Balaban J connectivity index is 1.39. The first-order valence-corrected chi connectivity index (χ1v) is 12.5. The number of fused-ring (bicyclic) bond motifs is 2. The molecule has 4 heterocycles. The summed E-state index contributed by atoms with van der Waals surface area (Å²) in [5.41, 5.74) is 3.93. The molecule has 0 radical (unpaired) electrons. The van der Waals surface area contributed by atoms with Gasteiger partial charge in [-0.2, -0.15) is 5.10 Å². The van der Waals surface area contributed by atoms with Crippen LogP contribution in [0.4, 0.5) is 11.4 Å². The second kappa shape index (κ2) is 9.24. The molecule has 2 amide bonds. The van der Waals surface area contributed by atoms with Crippen LogP contribution < -0.4 is 19.7 Å². The zero-order valence-corrected chi connectivity index (χ0v) is 20.7. The lowest BCUT2D eigenvalue weighted by atomic mass is 10.1. The summed E-state index contributed by atoms with van der Waals surface area (Å²) < 4.78 is 13.2. The molecule has 4 aromatic rings. The number of hydrogen-bond acceptors (Lipinski definition) is 6. The van der Waals surface area contributed by atoms with Crippen LogP contribution in [0.2, 0.25) is 0 Å². The molecule has 0 spiro atoms. The maximum absolute atomic E-state index is 13.6. The highest BCUT2D eigenvalue weighted by molar-refractivity contribution is 6.13. The van der Waals surface area contributed by atoms with Crippen molar-refractivity contribution in [1.82, 2.24) is 14.8 Å². The maximum atomic E-state index is 13.6. The summed E-state index contributed by atoms with van der Waals surface area (Å²) in [4.78, 5) is 32.5. The Labute approximate surface area is 214 Å². The van der Waals surface area contributed by atoms with Crippen LogP contribution >= 0.6 is 0 Å². The minimum Gasteiger partial charge on any atom is -0.486 e. The lowest BCUT2D eigenvalue weighted by Gasteiger charge is -2.19. The van der Waals surface area contributed by atoms with E-state index >= 15 is 0 Å². The lowest BCUT2D eigenvalue weighted by molar-refractivity contribution is -0.117. The molecule has 1 saturated heterocycles. The molecule has 2 aliphatic heterocycles. The van der Waals surface area contributed by atoms with Gasteiger partial charge in [-0.25, -0.2) is 9.67 Å². The number of rotatable bonds is 5. The van der Waals surface area contributed by atoms with Crippen molar-refractivity contribution in [2.75, 3.05) is 30.0 Å². The minimum absolute atomic E-state index is 0.0612. The second-order valence-electron chi connectivity index (χ2n) is 9.49. The van der Waals surface area contributed by atoms with Crippen LogP contribution in [0.3, 0.4) is 0 Å². The van der Waals surface area contributed by atoms with Crippen LogP contribution in [-0.4, -0.2) is 46.3 Å². The summed E-state index contributed by atoms with van der Waals surface area (Å²) in [5, 5.41) is 8.18. The van der Waals surface area contributed by atoms with E-state index in [4.69, 9.17) is 14.5 Å². The Morgan fingerprint density at radius 1 is 1.05 bits per heavy atom. The van der Waals surface area contributed by atoms with Crippen molar-refractivity contribution < 1.29 is 19.1 Å². The van der Waals surface area contributed by atoms with Gasteiger partial charge < -0.3 is 19.7 Å². The Kier molecular flexibility index (Phi) is 5.75. The molecule has 0 unspecified atom stereocenters. The van der Waals surface area contributed by atoms with Gasteiger partial charge >= 0.3 is 0 Å². The number of amides is 2. The summed E-state index contributed by atoms with van der Waals surface area (Å²) in [7, 11) is 0. The summed E-state index contributed by atoms with van der Waals surface area (Å²) in [5.74, 6) is 1.17. The normalized spacial score (nSPS) is 15.0. The Morgan fingerprint density at radius 2 is 1.89 bits per heavy atom. The number of carbonyl (C=O) groups is 2. The van der Waals surface area contributed by atoms with Crippen molar-refractivity contribution in [1.29, 1.82) is 0 Å². The molecule has 0 saturated carbocycles. The van der Waals surface area contributed by atoms with E-state index in [2.05, 4.69) is 10.4 Å². The van der Waals surface area contributed by atoms with Crippen molar-refractivity contribution in [3.8, 4) is 22.8 Å². The standard InChI is InChI=1S/C28H27N5O4/c1-17(2)33-27-22(16-29-33)21(15-23(31-27)18-8-9-24-25(13-18)37-12-11-36-24)28(35)30-19-5-3-6-20(14-19)32-10-4-7-26(32)34/h3,5-6,8-9,13-17H,4,7,10-12H2,1-2H3,(H,30,35). The molecule has 9 heteroatoms. The van der Waals surface area contributed by atoms with Gasteiger partial charge in [-0.3, -0.25) is 9.59 Å². The average molecular weight is 498 g/mol. The Hall–Kier alpha value is -4.40. The fourth-order valence-corrected chi connectivity index (χ4v) is 4.81. The highest BCUT2D eigenvalue weighted by Gasteiger charge is 2.23. The van der Waals surface area contributed by atoms with Crippen molar-refractivity contribution in [3.63, 3.8) is 0 Å². The largest absolute Gasteiger partial charge is 0.486 e. The van der Waals surface area contributed by atoms with Gasteiger partial charge in [-0.15, -0.1) is 0 Å². The zero-order valence-electron chi connectivity index (χ0n) is 20.7. The molecule has 0 atom stereocenters. The van der Waals surface area contributed by atoms with E-state index in [9.17, 15) is 9.59 Å². The summed E-state index contributed by atoms with van der Waals surface area (Å²) >= 11 is 0. The first-order valence-electron chi connectivity index (χ1n) is 12.5. The van der Waals surface area contributed by atoms with Crippen LogP contribution in [0, 0.1) is 0 Å². The highest BCUT2D eigenvalue weighted by atomic mass is 16.6. The van der Waals surface area contributed by atoms with E-state index in [1.807, 2.05) is 61.0 Å². The van der Waals surface area contributed by atoms with Crippen molar-refractivity contribution in [3.05, 3.63) is 60.3 Å². The number of nitrogens with one attached hydrogen (secondary N) is 1. The monoisotopic (exact) mass is 497 g/mol. The number of anilines is 2. The third-order valence-electron chi connectivity index (χ3n) is 6.63. The van der Waals surface area contributed by atoms with Crippen LogP contribution in [-0.2, 0) is 4.79 Å². The van der Waals surface area contributed by atoms with Crippen molar-refractivity contribution in [2.45, 2.75) is 32.7 Å². The number of benzene rings is 2. The summed E-state index contributed by atoms with van der Waals surface area (Å²) in [6.45, 7) is 5.74. The number of aromatic nitrogens is 3. The first-order chi connectivity index (χ1) is 18.0. The van der Waals surface area contributed by atoms with E-state index in [0.29, 0.717) is 65.7 Å². The van der Waals surface area contributed by atoms with Crippen LogP contribution in [0.25, 0.3) is 22.3 Å². The van der Waals surface area contributed by atoms with Gasteiger partial charge in [-0.1, -0.05) is 6.07 Å². The van der Waals surface area contributed by atoms with Gasteiger partial charge in [0.2, 0.25) is 5.91 Å². The molecular weight excluding hydrogens is 470 g/mol. The van der Waals surface area contributed by atoms with Crippen molar-refractivity contribution in [2.24, 2.45) is 0 Å². The smallest absolute Gasteiger partial charge is 0.256 e. The van der Waals surface area contributed by atoms with Gasteiger partial charge in [-0.05, 0) is 62.7 Å². The molecule has 6 rings (SSSR count). The zero-order chi connectivity index (χ0) is 25.5. The Morgan fingerprint density at radius 3 is 2.68 bits per heavy atom. The van der Waals surface area contributed by atoms with Crippen LogP contribution in [0.1, 0.15) is 43.1 Å². The molecule has 37 heavy (non-hydrogen) atoms. The predicted octanol–water partition coefficient (Wildman–Crippen LogP) is 4.83. The van der Waals surface area contributed by atoms with Gasteiger partial charge in [0, 0.05) is 35.9 Å². The minimum atomic E-state index is -0.278. The highest BCUT2D eigenvalue weighted by Crippen LogP contribution is 2.35. The molecular formula is C28H27N5O4. The summed E-state index contributed by atoms with van der Waals surface area (Å²) in [6, 6.07) is 14.9. The van der Waals surface area contributed by atoms with Crippen LogP contribution in [0.5, 0.6) is 11.5 Å². The van der Waals surface area contributed by atoms with E-state index < -0.39 is 0 Å². The SMILES string of the molecule is CC(C)n1ncc2c(C(=O)Nc3cccc(N4CCCC4=O)c3)cc(-c3ccc4c(c3)OCCO4)nc21. The summed E-state index contributed by atoms with van der Waals surface area (Å²) in [6.07, 6.45) is 3.07. The van der Waals surface area contributed by atoms with Gasteiger partial charge in [0.05, 0.1) is 22.8 Å². The van der Waals surface area contributed by atoms with Gasteiger partial charge in [0.15, 0.2) is 17.1 Å². The number of ether oxygens (including phenoxy) is 2. The van der Waals surface area contributed by atoms with Gasteiger partial charge in [0.25, 0.3) is 5.91 Å². The second-order valence-corrected chi connectivity index (χ2v) is 9.49. The third kappa shape index (κ3) is 4.26. The molecule has 188 valence electrons.